The zero-order chi connectivity index (χ0) is 23.8. The van der Waals surface area contributed by atoms with Crippen molar-refractivity contribution in [2.24, 2.45) is 5.92 Å². The Morgan fingerprint density at radius 3 is 2.36 bits per heavy atom. The molecule has 0 bridgehead atoms. The van der Waals surface area contributed by atoms with E-state index < -0.39 is 11.0 Å². The van der Waals surface area contributed by atoms with Crippen LogP contribution in [-0.2, 0) is 12.0 Å². The molecular weight excluding hydrogens is 420 g/mol. The predicted octanol–water partition coefficient (Wildman–Crippen LogP) is 3.10. The minimum atomic E-state index is -0.855. The molecule has 0 amide bonds. The first-order valence-electron chi connectivity index (χ1n) is 10.7. The fourth-order valence-corrected chi connectivity index (χ4v) is 3.61. The second-order valence-electron chi connectivity index (χ2n) is 9.29. The van der Waals surface area contributed by atoms with Gasteiger partial charge in [-0.05, 0) is 38.3 Å². The van der Waals surface area contributed by atoms with Crippen molar-refractivity contribution >= 4 is 5.95 Å². The number of anilines is 1. The lowest BCUT2D eigenvalue weighted by Crippen LogP contribution is -2.31. The van der Waals surface area contributed by atoms with E-state index in [1.165, 1.54) is 0 Å². The largest absolute Gasteiger partial charge is 0.389 e. The molecule has 172 valence electrons. The molecule has 0 aliphatic rings. The number of rotatable bonds is 7. The van der Waals surface area contributed by atoms with Crippen molar-refractivity contribution in [1.82, 2.24) is 34.6 Å². The highest BCUT2D eigenvalue weighted by Crippen LogP contribution is 2.38. The molecule has 10 heteroatoms. The fourth-order valence-electron chi connectivity index (χ4n) is 3.61. The summed E-state index contributed by atoms with van der Waals surface area (Å²) < 4.78 is 7.36. The van der Waals surface area contributed by atoms with E-state index in [2.05, 4.69) is 50.8 Å². The Hall–Kier alpha value is -3.66. The lowest BCUT2D eigenvalue weighted by molar-refractivity contribution is 0.0615. The number of pyridine rings is 1. The van der Waals surface area contributed by atoms with Crippen LogP contribution in [0, 0.1) is 5.92 Å². The van der Waals surface area contributed by atoms with Crippen LogP contribution in [0.1, 0.15) is 46.0 Å². The second-order valence-corrected chi connectivity index (χ2v) is 9.29. The zero-order valence-electron chi connectivity index (χ0n) is 19.4. The summed E-state index contributed by atoms with van der Waals surface area (Å²) in [5.74, 6) is 1.26. The highest BCUT2D eigenvalue weighted by Gasteiger charge is 2.38. The first-order chi connectivity index (χ1) is 15.6. The summed E-state index contributed by atoms with van der Waals surface area (Å²) in [6.07, 6.45) is 8.54. The smallest absolute Gasteiger partial charge is 0.278 e. The van der Waals surface area contributed by atoms with Gasteiger partial charge >= 0.3 is 0 Å². The standard InChI is InChI=1S/C23H28N8O2/c1-14(2)23(5,16-6-7-17(25-10-16)15-8-26-21(24)27-9-15)20-29-19(33-30-20)18-11-31(13-28-18)12-22(3,4)32/h6-11,13-14,32H,12H2,1-5H3,(H2,24,26,27). The molecule has 4 rings (SSSR count). The minimum Gasteiger partial charge on any atom is -0.389 e. The Kier molecular flexibility index (Phi) is 5.71. The van der Waals surface area contributed by atoms with Crippen molar-refractivity contribution in [2.75, 3.05) is 5.73 Å². The van der Waals surface area contributed by atoms with Gasteiger partial charge in [0.1, 0.15) is 5.69 Å². The van der Waals surface area contributed by atoms with Crippen LogP contribution in [0.4, 0.5) is 5.95 Å². The van der Waals surface area contributed by atoms with E-state index in [1.807, 2.05) is 18.3 Å². The first-order valence-corrected chi connectivity index (χ1v) is 10.7. The summed E-state index contributed by atoms with van der Waals surface area (Å²) in [5.41, 5.74) is 7.22. The first kappa shape index (κ1) is 22.5. The van der Waals surface area contributed by atoms with Crippen LogP contribution in [-0.4, -0.2) is 45.4 Å². The molecule has 3 N–H and O–H groups in total. The molecular formula is C23H28N8O2. The Balaban J connectivity index is 1.63. The topological polar surface area (TPSA) is 142 Å². The molecule has 0 fully saturated rings. The number of aliphatic hydroxyl groups is 1. The summed E-state index contributed by atoms with van der Waals surface area (Å²) in [7, 11) is 0. The van der Waals surface area contributed by atoms with Crippen molar-refractivity contribution in [3.05, 3.63) is 54.6 Å². The van der Waals surface area contributed by atoms with E-state index in [1.54, 1.807) is 43.3 Å². The summed E-state index contributed by atoms with van der Waals surface area (Å²) in [5, 5.41) is 14.3. The zero-order valence-corrected chi connectivity index (χ0v) is 19.4. The van der Waals surface area contributed by atoms with E-state index in [4.69, 9.17) is 10.3 Å². The van der Waals surface area contributed by atoms with Crippen molar-refractivity contribution in [2.45, 2.75) is 52.2 Å². The maximum absolute atomic E-state index is 10.0. The second kappa shape index (κ2) is 8.36. The van der Waals surface area contributed by atoms with E-state index in [0.29, 0.717) is 24.0 Å². The molecule has 0 saturated carbocycles. The Labute approximate surface area is 192 Å². The Morgan fingerprint density at radius 1 is 1.03 bits per heavy atom. The van der Waals surface area contributed by atoms with Gasteiger partial charge < -0.3 is 19.9 Å². The van der Waals surface area contributed by atoms with Crippen molar-refractivity contribution in [1.29, 1.82) is 0 Å². The van der Waals surface area contributed by atoms with Crippen LogP contribution in [0.2, 0.25) is 0 Å². The number of nitrogens with two attached hydrogens (primary N) is 1. The van der Waals surface area contributed by atoms with Crippen LogP contribution < -0.4 is 5.73 Å². The SMILES string of the molecule is CC(C)C(C)(c1ccc(-c2cnc(N)nc2)nc1)c1noc(-c2cn(CC(C)(C)O)cn2)n1. The van der Waals surface area contributed by atoms with Crippen LogP contribution in [0.5, 0.6) is 0 Å². The monoisotopic (exact) mass is 448 g/mol. The Morgan fingerprint density at radius 2 is 1.76 bits per heavy atom. The van der Waals surface area contributed by atoms with Gasteiger partial charge in [0, 0.05) is 30.4 Å². The molecule has 0 spiro atoms. The molecule has 0 radical (unpaired) electrons. The summed E-state index contributed by atoms with van der Waals surface area (Å²) in [6.45, 7) is 10.2. The van der Waals surface area contributed by atoms with Gasteiger partial charge in [0.25, 0.3) is 5.89 Å². The number of hydrogen-bond donors (Lipinski definition) is 2. The highest BCUT2D eigenvalue weighted by atomic mass is 16.5. The molecule has 4 heterocycles. The van der Waals surface area contributed by atoms with E-state index in [0.717, 1.165) is 16.8 Å². The minimum absolute atomic E-state index is 0.156. The quantitative estimate of drug-likeness (QED) is 0.436. The van der Waals surface area contributed by atoms with Gasteiger partial charge in [0.05, 0.1) is 29.6 Å². The van der Waals surface area contributed by atoms with Gasteiger partial charge in [-0.1, -0.05) is 25.1 Å². The number of hydrogen-bond acceptors (Lipinski definition) is 9. The Bertz CT molecular complexity index is 1220. The van der Waals surface area contributed by atoms with Crippen LogP contribution in [0.3, 0.4) is 0 Å². The van der Waals surface area contributed by atoms with E-state index in [-0.39, 0.29) is 11.9 Å². The van der Waals surface area contributed by atoms with Gasteiger partial charge in [-0.2, -0.15) is 4.98 Å². The molecule has 4 aromatic heterocycles. The van der Waals surface area contributed by atoms with E-state index >= 15 is 0 Å². The fraction of sp³-hybridized carbons (Fsp3) is 0.391. The molecule has 10 nitrogen and oxygen atoms in total. The van der Waals surface area contributed by atoms with Gasteiger partial charge in [-0.3, -0.25) is 4.98 Å². The number of nitrogens with zero attached hydrogens (tertiary/aromatic N) is 7. The predicted molar refractivity (Wildman–Crippen MR) is 123 cm³/mol. The van der Waals surface area contributed by atoms with Gasteiger partial charge in [0.2, 0.25) is 5.95 Å². The summed E-state index contributed by atoms with van der Waals surface area (Å²) in [4.78, 5) is 21.7. The molecule has 0 aromatic carbocycles. The average molecular weight is 449 g/mol. The molecule has 0 aliphatic heterocycles. The third-order valence-corrected chi connectivity index (χ3v) is 5.80. The van der Waals surface area contributed by atoms with Crippen LogP contribution in [0.25, 0.3) is 22.8 Å². The van der Waals surface area contributed by atoms with Gasteiger partial charge in [-0.25, -0.2) is 15.0 Å². The number of nitrogen functional groups attached to an aromatic ring is 1. The molecule has 1 atom stereocenters. The molecule has 33 heavy (non-hydrogen) atoms. The van der Waals surface area contributed by atoms with Crippen molar-refractivity contribution in [3.8, 4) is 22.8 Å². The van der Waals surface area contributed by atoms with Crippen LogP contribution in [0.15, 0.2) is 47.8 Å². The lowest BCUT2D eigenvalue weighted by atomic mass is 9.73. The maximum Gasteiger partial charge on any atom is 0.278 e. The van der Waals surface area contributed by atoms with Crippen molar-refractivity contribution in [3.63, 3.8) is 0 Å². The maximum atomic E-state index is 10.0. The number of aromatic nitrogens is 7. The lowest BCUT2D eigenvalue weighted by Gasteiger charge is -2.30. The molecule has 0 saturated heterocycles. The van der Waals surface area contributed by atoms with Gasteiger partial charge in [-0.15, -0.1) is 0 Å². The summed E-state index contributed by atoms with van der Waals surface area (Å²) in [6, 6.07) is 3.93. The molecule has 1 unspecified atom stereocenters. The number of imidazole rings is 1. The van der Waals surface area contributed by atoms with Crippen molar-refractivity contribution < 1.29 is 9.63 Å². The molecule has 4 aromatic rings. The van der Waals surface area contributed by atoms with E-state index in [9.17, 15) is 5.11 Å². The molecule has 0 aliphatic carbocycles. The highest BCUT2D eigenvalue weighted by molar-refractivity contribution is 5.57. The van der Waals surface area contributed by atoms with Crippen LogP contribution >= 0.6 is 0 Å². The third-order valence-electron chi connectivity index (χ3n) is 5.80. The average Bonchev–Trinajstić information content (AvgIpc) is 3.42. The van der Waals surface area contributed by atoms with Gasteiger partial charge in [0.15, 0.2) is 5.82 Å². The third kappa shape index (κ3) is 4.61. The normalized spacial score (nSPS) is 13.9. The summed E-state index contributed by atoms with van der Waals surface area (Å²) >= 11 is 0.